The predicted octanol–water partition coefficient (Wildman–Crippen LogP) is 2.50. The Labute approximate surface area is 95.1 Å². The number of hydrogen-bond acceptors (Lipinski definition) is 3. The van der Waals surface area contributed by atoms with Gasteiger partial charge in [0.1, 0.15) is 5.75 Å². The molecular formula is C12H17NOS. The van der Waals surface area contributed by atoms with Crippen molar-refractivity contribution in [2.24, 2.45) is 0 Å². The normalized spacial score (nSPS) is 20.8. The summed E-state index contributed by atoms with van der Waals surface area (Å²) in [5.41, 5.74) is 2.27. The van der Waals surface area contributed by atoms with E-state index in [1.165, 1.54) is 16.9 Å². The van der Waals surface area contributed by atoms with E-state index in [9.17, 15) is 5.11 Å². The molecular weight excluding hydrogens is 206 g/mol. The summed E-state index contributed by atoms with van der Waals surface area (Å²) in [6.45, 7) is 4.08. The molecule has 1 aromatic rings. The molecule has 1 aliphatic rings. The Bertz CT molecular complexity index is 359. The first-order chi connectivity index (χ1) is 7.22. The third-order valence-corrected chi connectivity index (χ3v) is 3.84. The summed E-state index contributed by atoms with van der Waals surface area (Å²) >= 11 is 1.77. The van der Waals surface area contributed by atoms with Crippen LogP contribution in [0.1, 0.15) is 23.5 Å². The van der Waals surface area contributed by atoms with Crippen molar-refractivity contribution in [3.8, 4) is 5.75 Å². The van der Waals surface area contributed by atoms with E-state index in [-0.39, 0.29) is 0 Å². The number of benzene rings is 1. The second kappa shape index (κ2) is 4.45. The van der Waals surface area contributed by atoms with Gasteiger partial charge >= 0.3 is 0 Å². The fraction of sp³-hybridized carbons (Fsp3) is 0.500. The summed E-state index contributed by atoms with van der Waals surface area (Å²) in [5.74, 6) is 0.994. The molecule has 0 bridgehead atoms. The first kappa shape index (κ1) is 10.8. The first-order valence-electron chi connectivity index (χ1n) is 5.30. The fourth-order valence-corrected chi connectivity index (χ4v) is 2.86. The van der Waals surface area contributed by atoms with Gasteiger partial charge in [-0.2, -0.15) is 0 Å². The van der Waals surface area contributed by atoms with Crippen LogP contribution in [0.2, 0.25) is 0 Å². The molecule has 0 aromatic heterocycles. The molecule has 0 saturated carbocycles. The quantitative estimate of drug-likeness (QED) is 0.756. The van der Waals surface area contributed by atoms with Crippen LogP contribution in [-0.2, 0) is 0 Å². The van der Waals surface area contributed by atoms with Gasteiger partial charge in [-0.3, -0.25) is 0 Å². The molecule has 2 nitrogen and oxygen atoms in total. The zero-order chi connectivity index (χ0) is 10.8. The van der Waals surface area contributed by atoms with E-state index in [0.717, 1.165) is 18.7 Å². The number of aryl methyl sites for hydroxylation is 1. The molecule has 1 saturated heterocycles. The van der Waals surface area contributed by atoms with Gasteiger partial charge in [0.15, 0.2) is 0 Å². The van der Waals surface area contributed by atoms with Crippen LogP contribution in [0.5, 0.6) is 5.75 Å². The van der Waals surface area contributed by atoms with Crippen molar-refractivity contribution in [1.29, 1.82) is 0 Å². The topological polar surface area (TPSA) is 32.3 Å². The molecule has 1 aromatic carbocycles. The molecule has 0 radical (unpaired) electrons. The Balaban J connectivity index is 2.39. The third-order valence-electron chi connectivity index (χ3n) is 3.05. The van der Waals surface area contributed by atoms with Crippen LogP contribution in [0, 0.1) is 6.92 Å². The first-order valence-corrected chi connectivity index (χ1v) is 6.53. The highest BCUT2D eigenvalue weighted by Gasteiger charge is 2.20. The predicted molar refractivity (Wildman–Crippen MR) is 64.9 cm³/mol. The van der Waals surface area contributed by atoms with Crippen LogP contribution in [0.15, 0.2) is 17.0 Å². The van der Waals surface area contributed by atoms with E-state index in [1.807, 2.05) is 13.0 Å². The van der Waals surface area contributed by atoms with Crippen molar-refractivity contribution in [1.82, 2.24) is 5.32 Å². The maximum atomic E-state index is 9.75. The molecule has 0 amide bonds. The number of phenolic OH excluding ortho intramolecular Hbond substituents is 1. The van der Waals surface area contributed by atoms with Crippen molar-refractivity contribution in [3.05, 3.63) is 23.3 Å². The summed E-state index contributed by atoms with van der Waals surface area (Å²) in [5, 5.41) is 13.1. The van der Waals surface area contributed by atoms with Crippen molar-refractivity contribution < 1.29 is 5.11 Å². The summed E-state index contributed by atoms with van der Waals surface area (Å²) in [6.07, 6.45) is 3.27. The minimum atomic E-state index is 0.426. The minimum absolute atomic E-state index is 0.426. The summed E-state index contributed by atoms with van der Waals surface area (Å²) in [6, 6.07) is 4.03. The lowest BCUT2D eigenvalue weighted by Gasteiger charge is -2.15. The number of nitrogens with one attached hydrogen (secondary N) is 1. The molecule has 0 spiro atoms. The molecule has 1 heterocycles. The summed E-state index contributed by atoms with van der Waals surface area (Å²) in [4.78, 5) is 1.30. The van der Waals surface area contributed by atoms with Crippen molar-refractivity contribution in [2.75, 3.05) is 19.3 Å². The molecule has 1 aliphatic heterocycles. The zero-order valence-corrected chi connectivity index (χ0v) is 10.0. The molecule has 1 fully saturated rings. The van der Waals surface area contributed by atoms with Crippen molar-refractivity contribution in [2.45, 2.75) is 24.2 Å². The van der Waals surface area contributed by atoms with Gasteiger partial charge in [0, 0.05) is 11.4 Å². The SMILES string of the molecule is CSc1cc(C)c(O)cc1C1CCNC1. The largest absolute Gasteiger partial charge is 0.508 e. The van der Waals surface area contributed by atoms with Crippen LogP contribution in [-0.4, -0.2) is 24.5 Å². The van der Waals surface area contributed by atoms with E-state index >= 15 is 0 Å². The monoisotopic (exact) mass is 223 g/mol. The van der Waals surface area contributed by atoms with Gasteiger partial charge in [-0.25, -0.2) is 0 Å². The Kier molecular flexibility index (Phi) is 3.22. The van der Waals surface area contributed by atoms with Crippen LogP contribution >= 0.6 is 11.8 Å². The number of phenols is 1. The standard InChI is InChI=1S/C12H17NOS/c1-8-5-12(15-2)10(6-11(8)14)9-3-4-13-7-9/h5-6,9,13-14H,3-4,7H2,1-2H3. The highest BCUT2D eigenvalue weighted by atomic mass is 32.2. The number of hydrogen-bond donors (Lipinski definition) is 2. The molecule has 3 heteroatoms. The van der Waals surface area contributed by atoms with Crippen molar-refractivity contribution >= 4 is 11.8 Å². The summed E-state index contributed by atoms with van der Waals surface area (Å²) < 4.78 is 0. The highest BCUT2D eigenvalue weighted by Crippen LogP contribution is 2.35. The van der Waals surface area contributed by atoms with Gasteiger partial charge < -0.3 is 10.4 Å². The van der Waals surface area contributed by atoms with Gasteiger partial charge in [0.05, 0.1) is 0 Å². The molecule has 1 atom stereocenters. The zero-order valence-electron chi connectivity index (χ0n) is 9.21. The van der Waals surface area contributed by atoms with Gasteiger partial charge in [-0.15, -0.1) is 11.8 Å². The lowest BCUT2D eigenvalue weighted by Crippen LogP contribution is -2.08. The minimum Gasteiger partial charge on any atom is -0.508 e. The van der Waals surface area contributed by atoms with Crippen LogP contribution < -0.4 is 5.32 Å². The summed E-state index contributed by atoms with van der Waals surface area (Å²) in [7, 11) is 0. The molecule has 1 unspecified atom stereocenters. The Morgan fingerprint density at radius 2 is 2.27 bits per heavy atom. The second-order valence-corrected chi connectivity index (χ2v) is 4.92. The number of aromatic hydroxyl groups is 1. The average molecular weight is 223 g/mol. The average Bonchev–Trinajstić information content (AvgIpc) is 2.74. The van der Waals surface area contributed by atoms with Crippen LogP contribution in [0.25, 0.3) is 0 Å². The number of rotatable bonds is 2. The molecule has 82 valence electrons. The molecule has 15 heavy (non-hydrogen) atoms. The lowest BCUT2D eigenvalue weighted by molar-refractivity contribution is 0.468. The van der Waals surface area contributed by atoms with Crippen LogP contribution in [0.3, 0.4) is 0 Å². The Morgan fingerprint density at radius 3 is 2.87 bits per heavy atom. The van der Waals surface area contributed by atoms with E-state index in [4.69, 9.17) is 0 Å². The third kappa shape index (κ3) is 2.13. The number of thioether (sulfide) groups is 1. The van der Waals surface area contributed by atoms with E-state index in [2.05, 4.69) is 17.6 Å². The van der Waals surface area contributed by atoms with Crippen LogP contribution in [0.4, 0.5) is 0 Å². The maximum absolute atomic E-state index is 9.75. The van der Waals surface area contributed by atoms with Gasteiger partial charge in [-0.1, -0.05) is 0 Å². The van der Waals surface area contributed by atoms with E-state index in [1.54, 1.807) is 11.8 Å². The Morgan fingerprint density at radius 1 is 1.47 bits per heavy atom. The van der Waals surface area contributed by atoms with Gasteiger partial charge in [0.2, 0.25) is 0 Å². The second-order valence-electron chi connectivity index (χ2n) is 4.07. The molecule has 2 rings (SSSR count). The smallest absolute Gasteiger partial charge is 0.118 e. The fourth-order valence-electron chi connectivity index (χ4n) is 2.10. The van der Waals surface area contributed by atoms with Gasteiger partial charge in [0.25, 0.3) is 0 Å². The molecule has 2 N–H and O–H groups in total. The maximum Gasteiger partial charge on any atom is 0.118 e. The Hall–Kier alpha value is -0.670. The van der Waals surface area contributed by atoms with Crippen molar-refractivity contribution in [3.63, 3.8) is 0 Å². The van der Waals surface area contributed by atoms with E-state index < -0.39 is 0 Å². The van der Waals surface area contributed by atoms with E-state index in [0.29, 0.717) is 11.7 Å². The van der Waals surface area contributed by atoms with Gasteiger partial charge in [-0.05, 0) is 55.3 Å². The lowest BCUT2D eigenvalue weighted by atomic mass is 9.97. The highest BCUT2D eigenvalue weighted by molar-refractivity contribution is 7.98. The molecule has 0 aliphatic carbocycles.